The van der Waals surface area contributed by atoms with Gasteiger partial charge in [0.05, 0.1) is 11.5 Å². The van der Waals surface area contributed by atoms with Gasteiger partial charge in [0.25, 0.3) is 0 Å². The summed E-state index contributed by atoms with van der Waals surface area (Å²) in [6.45, 7) is 4.57. The molecule has 3 aromatic rings. The fraction of sp³-hybridized carbons (Fsp3) is 0.370. The molecule has 0 radical (unpaired) electrons. The summed E-state index contributed by atoms with van der Waals surface area (Å²) in [6, 6.07) is 26.7. The molecule has 0 bridgehead atoms. The van der Waals surface area contributed by atoms with Gasteiger partial charge >= 0.3 is 0 Å². The zero-order valence-electron chi connectivity index (χ0n) is 17.7. The lowest BCUT2D eigenvalue weighted by molar-refractivity contribution is 0.0675. The second-order valence-electron chi connectivity index (χ2n) is 8.35. The summed E-state index contributed by atoms with van der Waals surface area (Å²) in [5, 5.41) is 16.0. The van der Waals surface area contributed by atoms with Crippen molar-refractivity contribution in [3.05, 3.63) is 83.4 Å². The highest BCUT2D eigenvalue weighted by Crippen LogP contribution is 2.34. The number of rotatable bonds is 7. The van der Waals surface area contributed by atoms with Crippen molar-refractivity contribution in [2.75, 3.05) is 19.8 Å². The Morgan fingerprint density at radius 3 is 2.50 bits per heavy atom. The summed E-state index contributed by atoms with van der Waals surface area (Å²) in [6.07, 6.45) is 3.71. The number of fused-ring (bicyclic) bond motifs is 1. The molecule has 0 amide bonds. The summed E-state index contributed by atoms with van der Waals surface area (Å²) in [4.78, 5) is 0. The standard InChI is InChI=1S/C27H30N2O/c1-21(25-10-4-8-23-7-2-3-9-26(23)25)29-17-5-6-22-11-13-24(14-12-22)27(20-28)15-18-30-19-16-27/h2-4,7-14,21,29H,5-6,15-19H2,1H3. The molecular weight excluding hydrogens is 368 g/mol. The maximum Gasteiger partial charge on any atom is 0.0866 e. The molecule has 154 valence electrons. The molecule has 4 rings (SSSR count). The molecule has 1 atom stereocenters. The Kier molecular flexibility index (Phi) is 6.47. The highest BCUT2D eigenvalue weighted by atomic mass is 16.5. The molecule has 3 nitrogen and oxygen atoms in total. The van der Waals surface area contributed by atoms with E-state index in [2.05, 4.69) is 85.0 Å². The van der Waals surface area contributed by atoms with Crippen molar-refractivity contribution >= 4 is 10.8 Å². The average Bonchev–Trinajstić information content (AvgIpc) is 2.82. The zero-order valence-corrected chi connectivity index (χ0v) is 17.7. The third-order valence-electron chi connectivity index (χ3n) is 6.45. The fourth-order valence-electron chi connectivity index (χ4n) is 4.52. The number of nitrogens with zero attached hydrogens (tertiary/aromatic N) is 1. The zero-order chi connectivity index (χ0) is 20.8. The molecule has 1 aliphatic heterocycles. The second-order valence-corrected chi connectivity index (χ2v) is 8.35. The third kappa shape index (κ3) is 4.41. The molecule has 1 unspecified atom stereocenters. The topological polar surface area (TPSA) is 45.0 Å². The summed E-state index contributed by atoms with van der Waals surface area (Å²) in [5.41, 5.74) is 3.46. The number of nitriles is 1. The molecule has 3 heteroatoms. The van der Waals surface area contributed by atoms with Crippen molar-refractivity contribution in [2.24, 2.45) is 0 Å². The van der Waals surface area contributed by atoms with Crippen molar-refractivity contribution in [3.8, 4) is 6.07 Å². The minimum absolute atomic E-state index is 0.322. The van der Waals surface area contributed by atoms with Gasteiger partial charge in [-0.2, -0.15) is 5.26 Å². The summed E-state index contributed by atoms with van der Waals surface area (Å²) < 4.78 is 5.45. The Morgan fingerprint density at radius 1 is 1.00 bits per heavy atom. The first-order valence-corrected chi connectivity index (χ1v) is 11.0. The summed E-state index contributed by atoms with van der Waals surface area (Å²) in [5.74, 6) is 0. The van der Waals surface area contributed by atoms with Gasteiger partial charge in [-0.15, -0.1) is 0 Å². The van der Waals surface area contributed by atoms with Gasteiger partial charge in [-0.1, -0.05) is 66.7 Å². The highest BCUT2D eigenvalue weighted by Gasteiger charge is 2.34. The lowest BCUT2D eigenvalue weighted by atomic mass is 9.75. The number of aryl methyl sites for hydroxylation is 1. The third-order valence-corrected chi connectivity index (χ3v) is 6.45. The van der Waals surface area contributed by atoms with Crippen LogP contribution in [0.5, 0.6) is 0 Å². The number of hydrogen-bond donors (Lipinski definition) is 1. The van der Waals surface area contributed by atoms with E-state index in [0.717, 1.165) is 37.8 Å². The molecule has 0 spiro atoms. The number of benzene rings is 3. The molecular formula is C27H30N2O. The lowest BCUT2D eigenvalue weighted by Crippen LogP contribution is -2.32. The van der Waals surface area contributed by atoms with Crippen LogP contribution in [0.4, 0.5) is 0 Å². The van der Waals surface area contributed by atoms with Crippen LogP contribution in [-0.4, -0.2) is 19.8 Å². The first-order chi connectivity index (χ1) is 14.7. The predicted molar refractivity (Wildman–Crippen MR) is 122 cm³/mol. The lowest BCUT2D eigenvalue weighted by Gasteiger charge is -2.31. The smallest absolute Gasteiger partial charge is 0.0866 e. The van der Waals surface area contributed by atoms with E-state index in [1.165, 1.54) is 21.9 Å². The van der Waals surface area contributed by atoms with Crippen LogP contribution in [0.25, 0.3) is 10.8 Å². The minimum Gasteiger partial charge on any atom is -0.381 e. The second kappa shape index (κ2) is 9.43. The molecule has 3 aromatic carbocycles. The summed E-state index contributed by atoms with van der Waals surface area (Å²) in [7, 11) is 0. The first kappa shape index (κ1) is 20.6. The highest BCUT2D eigenvalue weighted by molar-refractivity contribution is 5.86. The van der Waals surface area contributed by atoms with Gasteiger partial charge in [-0.3, -0.25) is 0 Å². The Hall–Kier alpha value is -2.67. The van der Waals surface area contributed by atoms with E-state index in [0.29, 0.717) is 19.3 Å². The van der Waals surface area contributed by atoms with E-state index in [4.69, 9.17) is 4.74 Å². The maximum absolute atomic E-state index is 9.74. The molecule has 0 aromatic heterocycles. The SMILES string of the molecule is CC(NCCCc1ccc(C2(C#N)CCOCC2)cc1)c1cccc2ccccc12. The van der Waals surface area contributed by atoms with Crippen molar-refractivity contribution in [3.63, 3.8) is 0 Å². The Bertz CT molecular complexity index is 1010. The minimum atomic E-state index is -0.369. The largest absolute Gasteiger partial charge is 0.381 e. The molecule has 0 aliphatic carbocycles. The van der Waals surface area contributed by atoms with E-state index in [1.807, 2.05) is 0 Å². The van der Waals surface area contributed by atoms with Gasteiger partial charge < -0.3 is 10.1 Å². The number of nitrogens with one attached hydrogen (secondary N) is 1. The van der Waals surface area contributed by atoms with Crippen LogP contribution >= 0.6 is 0 Å². The Morgan fingerprint density at radius 2 is 1.73 bits per heavy atom. The van der Waals surface area contributed by atoms with Crippen LogP contribution < -0.4 is 5.32 Å². The van der Waals surface area contributed by atoms with Crippen molar-refractivity contribution in [1.82, 2.24) is 5.32 Å². The molecule has 1 heterocycles. The van der Waals surface area contributed by atoms with Crippen LogP contribution in [-0.2, 0) is 16.6 Å². The van der Waals surface area contributed by atoms with E-state index in [9.17, 15) is 5.26 Å². The average molecular weight is 399 g/mol. The van der Waals surface area contributed by atoms with Gasteiger partial charge in [0.2, 0.25) is 0 Å². The quantitative estimate of drug-likeness (QED) is 0.520. The Balaban J connectivity index is 1.31. The van der Waals surface area contributed by atoms with Gasteiger partial charge in [0.1, 0.15) is 0 Å². The van der Waals surface area contributed by atoms with Crippen molar-refractivity contribution in [1.29, 1.82) is 5.26 Å². The van der Waals surface area contributed by atoms with Gasteiger partial charge in [0.15, 0.2) is 0 Å². The van der Waals surface area contributed by atoms with Crippen LogP contribution in [0.15, 0.2) is 66.7 Å². The maximum atomic E-state index is 9.74. The van der Waals surface area contributed by atoms with E-state index >= 15 is 0 Å². The monoisotopic (exact) mass is 398 g/mol. The normalized spacial score (nSPS) is 16.8. The van der Waals surface area contributed by atoms with E-state index < -0.39 is 0 Å². The van der Waals surface area contributed by atoms with Crippen LogP contribution in [0, 0.1) is 11.3 Å². The van der Waals surface area contributed by atoms with E-state index in [-0.39, 0.29) is 5.41 Å². The van der Waals surface area contributed by atoms with Crippen LogP contribution in [0.3, 0.4) is 0 Å². The molecule has 30 heavy (non-hydrogen) atoms. The van der Waals surface area contributed by atoms with Crippen molar-refractivity contribution < 1.29 is 4.74 Å². The van der Waals surface area contributed by atoms with Gasteiger partial charge in [0, 0.05) is 19.3 Å². The molecule has 0 saturated carbocycles. The molecule has 1 saturated heterocycles. The number of hydrogen-bond acceptors (Lipinski definition) is 3. The molecule has 1 N–H and O–H groups in total. The fourth-order valence-corrected chi connectivity index (χ4v) is 4.52. The summed E-state index contributed by atoms with van der Waals surface area (Å²) >= 11 is 0. The molecule has 1 fully saturated rings. The first-order valence-electron chi connectivity index (χ1n) is 11.0. The number of ether oxygens (including phenoxy) is 1. The molecule has 1 aliphatic rings. The van der Waals surface area contributed by atoms with Crippen molar-refractivity contribution in [2.45, 2.75) is 44.1 Å². The predicted octanol–water partition coefficient (Wildman–Crippen LogP) is 5.69. The van der Waals surface area contributed by atoms with Gasteiger partial charge in [-0.25, -0.2) is 0 Å². The van der Waals surface area contributed by atoms with Crippen LogP contribution in [0.2, 0.25) is 0 Å². The van der Waals surface area contributed by atoms with Crippen LogP contribution in [0.1, 0.15) is 48.9 Å². The Labute approximate surface area is 179 Å². The van der Waals surface area contributed by atoms with Gasteiger partial charge in [-0.05, 0) is 66.6 Å². The van der Waals surface area contributed by atoms with E-state index in [1.54, 1.807) is 0 Å².